The van der Waals surface area contributed by atoms with Crippen molar-refractivity contribution in [2.24, 2.45) is 0 Å². The molecular formula is C19H25BrN6O2. The van der Waals surface area contributed by atoms with Gasteiger partial charge in [-0.1, -0.05) is 35.3 Å². The van der Waals surface area contributed by atoms with Crippen LogP contribution in [-0.4, -0.2) is 28.4 Å². The molecule has 2 aromatic rings. The van der Waals surface area contributed by atoms with E-state index >= 15 is 0 Å². The van der Waals surface area contributed by atoms with E-state index in [2.05, 4.69) is 49.3 Å². The maximum Gasteiger partial charge on any atom is 0.335 e. The van der Waals surface area contributed by atoms with Gasteiger partial charge in [0.1, 0.15) is 0 Å². The van der Waals surface area contributed by atoms with Crippen LogP contribution >= 0.6 is 15.9 Å². The van der Waals surface area contributed by atoms with Gasteiger partial charge in [-0.15, -0.1) is 5.10 Å². The Hall–Kier alpha value is -2.39. The number of urea groups is 1. The fraction of sp³-hybridized carbons (Fsp3) is 0.421. The second-order valence-corrected chi connectivity index (χ2v) is 8.17. The summed E-state index contributed by atoms with van der Waals surface area (Å²) in [6.45, 7) is 7.23. The van der Waals surface area contributed by atoms with Crippen LogP contribution in [0, 0.1) is 0 Å². The highest BCUT2D eigenvalue weighted by Crippen LogP contribution is 2.34. The average molecular weight is 449 g/mol. The van der Waals surface area contributed by atoms with Crippen LogP contribution in [0.25, 0.3) is 0 Å². The summed E-state index contributed by atoms with van der Waals surface area (Å²) in [7, 11) is 0. The summed E-state index contributed by atoms with van der Waals surface area (Å²) in [6, 6.07) is 6.81. The Morgan fingerprint density at radius 2 is 2.14 bits per heavy atom. The van der Waals surface area contributed by atoms with Crippen molar-refractivity contribution in [1.29, 1.82) is 0 Å². The molecule has 3 rings (SSSR count). The summed E-state index contributed by atoms with van der Waals surface area (Å²) >= 11 is 3.37. The lowest BCUT2D eigenvalue weighted by Crippen LogP contribution is -2.39. The van der Waals surface area contributed by atoms with E-state index in [1.54, 1.807) is 18.2 Å². The summed E-state index contributed by atoms with van der Waals surface area (Å²) in [5.41, 5.74) is 4.57. The van der Waals surface area contributed by atoms with Gasteiger partial charge in [-0.2, -0.15) is 4.79 Å². The zero-order valence-corrected chi connectivity index (χ0v) is 17.8. The highest BCUT2D eigenvalue weighted by Gasteiger charge is 2.37. The second kappa shape index (κ2) is 8.32. The van der Waals surface area contributed by atoms with Gasteiger partial charge in [0.25, 0.3) is 5.91 Å². The minimum atomic E-state index is -0.391. The van der Waals surface area contributed by atoms with Gasteiger partial charge < -0.3 is 16.0 Å². The molecule has 0 radical (unpaired) electrons. The van der Waals surface area contributed by atoms with Crippen molar-refractivity contribution < 1.29 is 9.59 Å². The zero-order valence-electron chi connectivity index (χ0n) is 16.2. The molecule has 4 N–H and O–H groups in total. The molecule has 0 fully saturated rings. The largest absolute Gasteiger partial charge is 0.337 e. The molecule has 3 amide bonds. The third-order valence-electron chi connectivity index (χ3n) is 4.62. The molecule has 9 heteroatoms. The Bertz CT molecular complexity index is 893. The molecule has 1 aliphatic heterocycles. The van der Waals surface area contributed by atoms with E-state index in [-0.39, 0.29) is 11.9 Å². The summed E-state index contributed by atoms with van der Waals surface area (Å²) in [5, 5.41) is 13.5. The fourth-order valence-electron chi connectivity index (χ4n) is 3.16. The quantitative estimate of drug-likeness (QED) is 0.509. The lowest BCUT2D eigenvalue weighted by atomic mass is 10.0. The molecular weight excluding hydrogens is 424 g/mol. The first-order valence-corrected chi connectivity index (χ1v) is 10.1. The average Bonchev–Trinajstić information content (AvgIpc) is 3.14. The van der Waals surface area contributed by atoms with Crippen LogP contribution in [0.1, 0.15) is 55.2 Å². The molecule has 2 heterocycles. The monoisotopic (exact) mass is 448 g/mol. The lowest BCUT2D eigenvalue weighted by molar-refractivity contribution is 0.102. The number of carbonyl (C=O) groups excluding carboxylic acids is 2. The Labute approximate surface area is 172 Å². The molecule has 0 aliphatic carbocycles. The maximum absolute atomic E-state index is 12.6. The number of halogens is 1. The van der Waals surface area contributed by atoms with Crippen LogP contribution in [0.4, 0.5) is 10.6 Å². The number of nitrogens with one attached hydrogen (secondary N) is 4. The highest BCUT2D eigenvalue weighted by molar-refractivity contribution is 9.10. The molecule has 28 heavy (non-hydrogen) atoms. The second-order valence-electron chi connectivity index (χ2n) is 7.25. The number of aromatic nitrogens is 2. The molecule has 150 valence electrons. The Morgan fingerprint density at radius 3 is 2.86 bits per heavy atom. The van der Waals surface area contributed by atoms with Crippen molar-refractivity contribution in [2.45, 2.75) is 45.7 Å². The number of carbonyl (C=O) groups is 2. The number of hydrogen-bond donors (Lipinski definition) is 4. The molecule has 0 unspecified atom stereocenters. The van der Waals surface area contributed by atoms with E-state index in [0.29, 0.717) is 24.5 Å². The van der Waals surface area contributed by atoms with Gasteiger partial charge in [-0.05, 0) is 38.5 Å². The Morgan fingerprint density at radius 1 is 1.36 bits per heavy atom. The number of anilines is 1. The number of unbranched alkanes of at least 4 members (excludes halogenated alkanes) is 1. The third kappa shape index (κ3) is 4.36. The molecule has 0 bridgehead atoms. The van der Waals surface area contributed by atoms with Crippen LogP contribution in [0.5, 0.6) is 0 Å². The van der Waals surface area contributed by atoms with E-state index in [9.17, 15) is 9.59 Å². The zero-order chi connectivity index (χ0) is 20.3. The first kappa shape index (κ1) is 20.3. The van der Waals surface area contributed by atoms with Gasteiger partial charge in [-0.3, -0.25) is 4.79 Å². The molecule has 0 spiro atoms. The van der Waals surface area contributed by atoms with Gasteiger partial charge in [0.15, 0.2) is 5.82 Å². The number of hydrogen-bond acceptors (Lipinski definition) is 4. The van der Waals surface area contributed by atoms with E-state index < -0.39 is 5.54 Å². The van der Waals surface area contributed by atoms with Crippen molar-refractivity contribution in [3.63, 3.8) is 0 Å². The van der Waals surface area contributed by atoms with Crippen molar-refractivity contribution in [3.05, 3.63) is 45.6 Å². The minimum Gasteiger partial charge on any atom is -0.337 e. The topological polar surface area (TPSA) is 100 Å². The van der Waals surface area contributed by atoms with E-state index in [1.807, 2.05) is 19.9 Å². The summed E-state index contributed by atoms with van der Waals surface area (Å²) in [5.74, 6) is 0.178. The van der Waals surface area contributed by atoms with E-state index in [0.717, 1.165) is 28.6 Å². The Balaban J connectivity index is 1.83. The maximum atomic E-state index is 12.6. The van der Waals surface area contributed by atoms with Crippen molar-refractivity contribution in [3.8, 4) is 0 Å². The number of benzene rings is 1. The van der Waals surface area contributed by atoms with Gasteiger partial charge in [0.05, 0.1) is 11.2 Å². The third-order valence-corrected chi connectivity index (χ3v) is 5.12. The van der Waals surface area contributed by atoms with Crippen LogP contribution < -0.4 is 21.4 Å². The van der Waals surface area contributed by atoms with E-state index in [4.69, 9.17) is 0 Å². The molecule has 1 aromatic heterocycles. The summed E-state index contributed by atoms with van der Waals surface area (Å²) in [4.78, 5) is 26.3. The first-order valence-electron chi connectivity index (χ1n) is 9.31. The summed E-state index contributed by atoms with van der Waals surface area (Å²) < 4.78 is 0.823. The van der Waals surface area contributed by atoms with Gasteiger partial charge in [-0.25, -0.2) is 10.2 Å². The van der Waals surface area contributed by atoms with Crippen molar-refractivity contribution >= 4 is 33.7 Å². The molecule has 1 aliphatic rings. The molecule has 1 aromatic carbocycles. The molecule has 0 atom stereocenters. The van der Waals surface area contributed by atoms with E-state index in [1.165, 1.54) is 4.79 Å². The molecule has 0 saturated carbocycles. The number of rotatable bonds is 6. The predicted molar refractivity (Wildman–Crippen MR) is 112 cm³/mol. The first-order chi connectivity index (χ1) is 13.3. The smallest absolute Gasteiger partial charge is 0.335 e. The normalized spacial score (nSPS) is 14.4. The number of amides is 3. The van der Waals surface area contributed by atoms with Gasteiger partial charge >= 0.3 is 6.03 Å². The Kier molecular flexibility index (Phi) is 6.04. The van der Waals surface area contributed by atoms with Crippen LogP contribution in [0.15, 0.2) is 28.7 Å². The van der Waals surface area contributed by atoms with Crippen molar-refractivity contribution in [2.75, 3.05) is 17.3 Å². The van der Waals surface area contributed by atoms with Crippen LogP contribution in [0.3, 0.4) is 0 Å². The fourth-order valence-corrected chi connectivity index (χ4v) is 3.56. The lowest BCUT2D eigenvalue weighted by Gasteiger charge is -2.21. The van der Waals surface area contributed by atoms with Gasteiger partial charge in [0.2, 0.25) is 0 Å². The van der Waals surface area contributed by atoms with Crippen molar-refractivity contribution in [1.82, 2.24) is 20.5 Å². The van der Waals surface area contributed by atoms with Crippen LogP contribution in [-0.2, 0) is 12.1 Å². The number of nitrogens with zero attached hydrogens (tertiary/aromatic N) is 2. The number of fused-ring (bicyclic) bond motifs is 1. The molecule has 0 saturated heterocycles. The summed E-state index contributed by atoms with van der Waals surface area (Å²) in [6.07, 6.45) is 1.91. The van der Waals surface area contributed by atoms with Gasteiger partial charge in [0, 0.05) is 28.7 Å². The SMILES string of the molecule is CCCCNC(=O)Nn1nc(NC(=O)c2cccc(Br)c2)c2c1C(C)(C)NC2. The van der Waals surface area contributed by atoms with Crippen LogP contribution in [0.2, 0.25) is 0 Å². The molecule has 8 nitrogen and oxygen atoms in total. The standard InChI is InChI=1S/C19H25BrN6O2/c1-4-5-9-21-18(28)25-26-15-14(11-22-19(15,2)3)16(24-26)23-17(27)12-7-6-8-13(20)10-12/h6-8,10,22H,4-5,9,11H2,1-3H3,(H2,21,25,28)(H,23,24,27). The highest BCUT2D eigenvalue weighted by atomic mass is 79.9. The predicted octanol–water partition coefficient (Wildman–Crippen LogP) is 3.29. The minimum absolute atomic E-state index is 0.258.